The topological polar surface area (TPSA) is 66.5 Å². The number of carbonyl (C=O) groups is 1. The summed E-state index contributed by atoms with van der Waals surface area (Å²) >= 11 is 3.45. The van der Waals surface area contributed by atoms with E-state index in [1.807, 2.05) is 30.0 Å². The lowest BCUT2D eigenvalue weighted by Gasteiger charge is -2.38. The first-order chi connectivity index (χ1) is 12.4. The lowest BCUT2D eigenvalue weighted by atomic mass is 9.93. The molecule has 5 nitrogen and oxygen atoms in total. The van der Waals surface area contributed by atoms with Gasteiger partial charge in [-0.15, -0.1) is 0 Å². The van der Waals surface area contributed by atoms with E-state index in [9.17, 15) is 13.2 Å². The minimum atomic E-state index is -3.01. The summed E-state index contributed by atoms with van der Waals surface area (Å²) in [6, 6.07) is 5.93. The highest BCUT2D eigenvalue weighted by molar-refractivity contribution is 9.10. The van der Waals surface area contributed by atoms with Gasteiger partial charge in [0, 0.05) is 22.2 Å². The molecule has 0 bridgehead atoms. The Balaban J connectivity index is 1.71. The number of aryl methyl sites for hydroxylation is 1. The van der Waals surface area contributed by atoms with Crippen molar-refractivity contribution in [1.82, 2.24) is 4.90 Å². The van der Waals surface area contributed by atoms with Gasteiger partial charge in [0.05, 0.1) is 18.1 Å². The molecule has 0 spiro atoms. The summed E-state index contributed by atoms with van der Waals surface area (Å²) in [5.74, 6) is 0.335. The van der Waals surface area contributed by atoms with Crippen LogP contribution in [0.1, 0.15) is 44.1 Å². The average molecular weight is 443 g/mol. The highest BCUT2D eigenvalue weighted by atomic mass is 79.9. The molecule has 1 saturated carbocycles. The molecule has 26 heavy (non-hydrogen) atoms. The van der Waals surface area contributed by atoms with E-state index in [0.717, 1.165) is 41.4 Å². The Morgan fingerprint density at radius 3 is 2.54 bits per heavy atom. The van der Waals surface area contributed by atoms with Crippen molar-refractivity contribution < 1.29 is 13.2 Å². The second kappa shape index (κ2) is 8.30. The van der Waals surface area contributed by atoms with Crippen LogP contribution in [0, 0.1) is 6.92 Å². The van der Waals surface area contributed by atoms with Crippen molar-refractivity contribution in [2.45, 2.75) is 57.5 Å². The Hall–Kier alpha value is -1.08. The molecule has 144 valence electrons. The minimum Gasteiger partial charge on any atom is -0.376 e. The van der Waals surface area contributed by atoms with Crippen LogP contribution in [-0.2, 0) is 14.6 Å². The highest BCUT2D eigenvalue weighted by Crippen LogP contribution is 2.28. The number of nitrogens with zero attached hydrogens (tertiary/aromatic N) is 1. The summed E-state index contributed by atoms with van der Waals surface area (Å²) in [6.07, 6.45) is 5.99. The predicted octanol–water partition coefficient (Wildman–Crippen LogP) is 3.52. The second-order valence-electron chi connectivity index (χ2n) is 7.46. The number of sulfone groups is 1. The zero-order valence-corrected chi connectivity index (χ0v) is 17.6. The molecule has 1 aromatic rings. The number of nitrogens with one attached hydrogen (secondary N) is 1. The molecule has 1 N–H and O–H groups in total. The van der Waals surface area contributed by atoms with Crippen molar-refractivity contribution in [1.29, 1.82) is 0 Å². The van der Waals surface area contributed by atoms with E-state index in [0.29, 0.717) is 6.42 Å². The van der Waals surface area contributed by atoms with Gasteiger partial charge in [-0.05, 0) is 49.9 Å². The molecule has 0 radical (unpaired) electrons. The molecule has 1 aromatic carbocycles. The fraction of sp³-hybridized carbons (Fsp3) is 0.632. The number of hydrogen-bond donors (Lipinski definition) is 1. The van der Waals surface area contributed by atoms with Gasteiger partial charge in [-0.1, -0.05) is 35.2 Å². The molecule has 3 rings (SSSR count). The lowest BCUT2D eigenvalue weighted by Crippen LogP contribution is -2.50. The number of halogens is 1. The fourth-order valence-corrected chi connectivity index (χ4v) is 6.33. The van der Waals surface area contributed by atoms with Gasteiger partial charge < -0.3 is 10.2 Å². The molecule has 1 atom stereocenters. The van der Waals surface area contributed by atoms with Gasteiger partial charge in [-0.3, -0.25) is 4.79 Å². The maximum absolute atomic E-state index is 13.1. The normalized spacial score (nSPS) is 22.9. The summed E-state index contributed by atoms with van der Waals surface area (Å²) in [6.45, 7) is 2.20. The standard InChI is InChI=1S/C19H27BrN2O3S/c1-14-11-15(20)7-8-18(14)21-12-19(23)22(16-5-3-2-4-6-16)17-9-10-26(24,25)13-17/h7-8,11,16-17,21H,2-6,9-10,12-13H2,1H3. The third-order valence-electron chi connectivity index (χ3n) is 5.48. The van der Waals surface area contributed by atoms with Crippen LogP contribution in [0.2, 0.25) is 0 Å². The SMILES string of the molecule is Cc1cc(Br)ccc1NCC(=O)N(C1CCCCC1)C1CCS(=O)(=O)C1. The molecule has 1 amide bonds. The summed E-state index contributed by atoms with van der Waals surface area (Å²) in [5, 5.41) is 3.24. The zero-order valence-electron chi connectivity index (χ0n) is 15.2. The van der Waals surface area contributed by atoms with Crippen LogP contribution in [0.25, 0.3) is 0 Å². The van der Waals surface area contributed by atoms with E-state index in [2.05, 4.69) is 21.2 Å². The van der Waals surface area contributed by atoms with Gasteiger partial charge in [0.2, 0.25) is 5.91 Å². The first-order valence-electron chi connectivity index (χ1n) is 9.37. The molecule has 1 saturated heterocycles. The molecule has 2 aliphatic rings. The van der Waals surface area contributed by atoms with Crippen molar-refractivity contribution in [3.05, 3.63) is 28.2 Å². The quantitative estimate of drug-likeness (QED) is 0.757. The number of hydrogen-bond acceptors (Lipinski definition) is 4. The maximum atomic E-state index is 13.1. The van der Waals surface area contributed by atoms with Crippen molar-refractivity contribution in [2.75, 3.05) is 23.4 Å². The van der Waals surface area contributed by atoms with Gasteiger partial charge in [0.15, 0.2) is 9.84 Å². The first kappa shape index (κ1) is 19.7. The fourth-order valence-electron chi connectivity index (χ4n) is 4.15. The second-order valence-corrected chi connectivity index (χ2v) is 10.6. The van der Waals surface area contributed by atoms with Crippen molar-refractivity contribution in [3.63, 3.8) is 0 Å². The van der Waals surface area contributed by atoms with E-state index < -0.39 is 9.84 Å². The lowest BCUT2D eigenvalue weighted by molar-refractivity contribution is -0.134. The maximum Gasteiger partial charge on any atom is 0.242 e. The van der Waals surface area contributed by atoms with Crippen LogP contribution in [0.15, 0.2) is 22.7 Å². The Morgan fingerprint density at radius 2 is 1.92 bits per heavy atom. The zero-order chi connectivity index (χ0) is 18.7. The van der Waals surface area contributed by atoms with Crippen molar-refractivity contribution >= 4 is 37.4 Å². The Kier molecular flexibility index (Phi) is 6.28. The van der Waals surface area contributed by atoms with E-state index in [-0.39, 0.29) is 36.0 Å². The molecule has 1 aliphatic carbocycles. The van der Waals surface area contributed by atoms with Crippen LogP contribution >= 0.6 is 15.9 Å². The number of rotatable bonds is 5. The summed E-state index contributed by atoms with van der Waals surface area (Å²) < 4.78 is 24.9. The van der Waals surface area contributed by atoms with Crippen LogP contribution < -0.4 is 5.32 Å². The van der Waals surface area contributed by atoms with Crippen molar-refractivity contribution in [2.24, 2.45) is 0 Å². The Bertz CT molecular complexity index is 760. The van der Waals surface area contributed by atoms with Crippen LogP contribution in [-0.4, -0.2) is 49.4 Å². The molecule has 0 aromatic heterocycles. The number of anilines is 1. The van der Waals surface area contributed by atoms with E-state index >= 15 is 0 Å². The number of amides is 1. The van der Waals surface area contributed by atoms with Crippen LogP contribution in [0.3, 0.4) is 0 Å². The number of carbonyl (C=O) groups excluding carboxylic acids is 1. The van der Waals surface area contributed by atoms with Gasteiger partial charge in [-0.25, -0.2) is 8.42 Å². The molecule has 2 fully saturated rings. The molecule has 1 unspecified atom stereocenters. The van der Waals surface area contributed by atoms with Gasteiger partial charge in [-0.2, -0.15) is 0 Å². The molecule has 1 aliphatic heterocycles. The Labute approximate surface area is 164 Å². The smallest absolute Gasteiger partial charge is 0.242 e. The van der Waals surface area contributed by atoms with Crippen LogP contribution in [0.4, 0.5) is 5.69 Å². The third kappa shape index (κ3) is 4.80. The molecule has 7 heteroatoms. The summed E-state index contributed by atoms with van der Waals surface area (Å²) in [7, 11) is -3.01. The van der Waals surface area contributed by atoms with Crippen LogP contribution in [0.5, 0.6) is 0 Å². The van der Waals surface area contributed by atoms with E-state index in [4.69, 9.17) is 0 Å². The Morgan fingerprint density at radius 1 is 1.19 bits per heavy atom. The van der Waals surface area contributed by atoms with Crippen molar-refractivity contribution in [3.8, 4) is 0 Å². The summed E-state index contributed by atoms with van der Waals surface area (Å²) in [4.78, 5) is 15.0. The highest BCUT2D eigenvalue weighted by Gasteiger charge is 2.38. The number of benzene rings is 1. The van der Waals surface area contributed by atoms with E-state index in [1.165, 1.54) is 6.42 Å². The first-order valence-corrected chi connectivity index (χ1v) is 12.0. The largest absolute Gasteiger partial charge is 0.376 e. The average Bonchev–Trinajstić information content (AvgIpc) is 2.95. The monoisotopic (exact) mass is 442 g/mol. The van der Waals surface area contributed by atoms with Gasteiger partial charge in [0.25, 0.3) is 0 Å². The van der Waals surface area contributed by atoms with Gasteiger partial charge in [0.1, 0.15) is 0 Å². The molecule has 1 heterocycles. The predicted molar refractivity (Wildman–Crippen MR) is 108 cm³/mol. The van der Waals surface area contributed by atoms with Gasteiger partial charge >= 0.3 is 0 Å². The minimum absolute atomic E-state index is 0.0151. The third-order valence-corrected chi connectivity index (χ3v) is 7.72. The molecular formula is C19H27BrN2O3S. The van der Waals surface area contributed by atoms with E-state index in [1.54, 1.807) is 0 Å². The summed E-state index contributed by atoms with van der Waals surface area (Å²) in [5.41, 5.74) is 2.00. The molecular weight excluding hydrogens is 416 g/mol.